The molecule has 1 aliphatic carbocycles. The molecule has 2 atom stereocenters. The van der Waals surface area contributed by atoms with Gasteiger partial charge in [0.05, 0.1) is 0 Å². The van der Waals surface area contributed by atoms with E-state index in [4.69, 9.17) is 0 Å². The Labute approximate surface area is 129 Å². The summed E-state index contributed by atoms with van der Waals surface area (Å²) in [5.41, 5.74) is 1.22. The Balaban J connectivity index is 1.71. The lowest BCUT2D eigenvalue weighted by molar-refractivity contribution is 0.222. The molecule has 1 aromatic carbocycles. The summed E-state index contributed by atoms with van der Waals surface area (Å²) in [6.07, 6.45) is 5.70. The van der Waals surface area contributed by atoms with Crippen molar-refractivity contribution in [2.24, 2.45) is 5.92 Å². The molecule has 2 amide bonds. The van der Waals surface area contributed by atoms with E-state index in [2.05, 4.69) is 39.6 Å². The maximum atomic E-state index is 11.9. The van der Waals surface area contributed by atoms with Gasteiger partial charge < -0.3 is 10.6 Å². The molecule has 1 aliphatic rings. The molecule has 0 saturated heterocycles. The topological polar surface area (TPSA) is 41.1 Å². The van der Waals surface area contributed by atoms with E-state index in [1.165, 1.54) is 24.8 Å². The van der Waals surface area contributed by atoms with Crippen LogP contribution >= 0.6 is 15.9 Å². The summed E-state index contributed by atoms with van der Waals surface area (Å²) in [5.74, 6) is 0.595. The zero-order valence-electron chi connectivity index (χ0n) is 12.0. The predicted octanol–water partition coefficient (Wildman–Crippen LogP) is 3.87. The van der Waals surface area contributed by atoms with Crippen molar-refractivity contribution in [3.05, 3.63) is 34.3 Å². The number of rotatable bonds is 4. The van der Waals surface area contributed by atoms with Crippen molar-refractivity contribution in [3.63, 3.8) is 0 Å². The van der Waals surface area contributed by atoms with E-state index >= 15 is 0 Å². The van der Waals surface area contributed by atoms with Crippen LogP contribution in [0.1, 0.15) is 38.2 Å². The normalized spacial score (nSPS) is 22.3. The van der Waals surface area contributed by atoms with Gasteiger partial charge in [0.25, 0.3) is 0 Å². The number of hydrogen-bond acceptors (Lipinski definition) is 1. The number of halogens is 1. The number of benzene rings is 1. The van der Waals surface area contributed by atoms with Crippen molar-refractivity contribution in [1.29, 1.82) is 0 Å². The van der Waals surface area contributed by atoms with Crippen molar-refractivity contribution < 1.29 is 4.79 Å². The van der Waals surface area contributed by atoms with E-state index in [1.807, 2.05) is 18.2 Å². The molecule has 1 saturated carbocycles. The van der Waals surface area contributed by atoms with Crippen LogP contribution in [0.15, 0.2) is 28.7 Å². The second kappa shape index (κ2) is 7.67. The number of carbonyl (C=O) groups is 1. The molecule has 1 fully saturated rings. The summed E-state index contributed by atoms with van der Waals surface area (Å²) >= 11 is 3.52. The maximum absolute atomic E-state index is 11.9. The Bertz CT molecular complexity index is 450. The average Bonchev–Trinajstić information content (AvgIpc) is 2.43. The molecule has 3 nitrogen and oxygen atoms in total. The minimum absolute atomic E-state index is 0.0317. The smallest absolute Gasteiger partial charge is 0.315 e. The summed E-state index contributed by atoms with van der Waals surface area (Å²) in [7, 11) is 0. The molecule has 110 valence electrons. The molecular formula is C16H23BrN2O. The first-order chi connectivity index (χ1) is 9.66. The van der Waals surface area contributed by atoms with Gasteiger partial charge in [-0.1, -0.05) is 53.9 Å². The standard InChI is InChI=1S/C16H23BrN2O/c1-12-6-2-5-9-15(12)19-16(20)18-11-10-13-7-3-4-8-14(13)17/h3-4,7-8,12,15H,2,5-6,9-11H2,1H3,(H2,18,19,20). The maximum Gasteiger partial charge on any atom is 0.315 e. The molecule has 0 aliphatic heterocycles. The van der Waals surface area contributed by atoms with Gasteiger partial charge in [0.2, 0.25) is 0 Å². The molecular weight excluding hydrogens is 316 g/mol. The van der Waals surface area contributed by atoms with Gasteiger partial charge >= 0.3 is 6.03 Å². The largest absolute Gasteiger partial charge is 0.338 e. The highest BCUT2D eigenvalue weighted by Gasteiger charge is 2.22. The van der Waals surface area contributed by atoms with E-state index < -0.39 is 0 Å². The molecule has 0 radical (unpaired) electrons. The van der Waals surface area contributed by atoms with Crippen LogP contribution in [0.25, 0.3) is 0 Å². The van der Waals surface area contributed by atoms with Crippen LogP contribution in [0.3, 0.4) is 0 Å². The van der Waals surface area contributed by atoms with Gasteiger partial charge in [0.1, 0.15) is 0 Å². The Kier molecular flexibility index (Phi) is 5.89. The minimum atomic E-state index is -0.0317. The number of amides is 2. The summed E-state index contributed by atoms with van der Waals surface area (Å²) in [5, 5.41) is 6.06. The third-order valence-electron chi connectivity index (χ3n) is 4.07. The van der Waals surface area contributed by atoms with E-state index in [1.54, 1.807) is 0 Å². The summed E-state index contributed by atoms with van der Waals surface area (Å²) in [6.45, 7) is 2.89. The van der Waals surface area contributed by atoms with Crippen LogP contribution < -0.4 is 10.6 Å². The predicted molar refractivity (Wildman–Crippen MR) is 85.8 cm³/mol. The number of urea groups is 1. The first-order valence-corrected chi connectivity index (χ1v) is 8.24. The molecule has 4 heteroatoms. The molecule has 1 aromatic rings. The fourth-order valence-electron chi connectivity index (χ4n) is 2.76. The zero-order valence-corrected chi connectivity index (χ0v) is 13.6. The zero-order chi connectivity index (χ0) is 14.4. The Hall–Kier alpha value is -1.03. The highest BCUT2D eigenvalue weighted by Crippen LogP contribution is 2.23. The molecule has 2 N–H and O–H groups in total. The van der Waals surface area contributed by atoms with Crippen LogP contribution in [0, 0.1) is 5.92 Å². The van der Waals surface area contributed by atoms with E-state index in [0.29, 0.717) is 18.5 Å². The van der Waals surface area contributed by atoms with Crippen molar-refractivity contribution in [3.8, 4) is 0 Å². The summed E-state index contributed by atoms with van der Waals surface area (Å²) < 4.78 is 1.10. The second-order valence-electron chi connectivity index (χ2n) is 5.61. The molecule has 0 spiro atoms. The third-order valence-corrected chi connectivity index (χ3v) is 4.84. The average molecular weight is 339 g/mol. The fraction of sp³-hybridized carbons (Fsp3) is 0.562. The number of hydrogen-bond donors (Lipinski definition) is 2. The van der Waals surface area contributed by atoms with Gasteiger partial charge in [0.15, 0.2) is 0 Å². The van der Waals surface area contributed by atoms with Gasteiger partial charge in [-0.05, 0) is 36.8 Å². The van der Waals surface area contributed by atoms with E-state index in [0.717, 1.165) is 17.3 Å². The van der Waals surface area contributed by atoms with Crippen LogP contribution in [0.5, 0.6) is 0 Å². The van der Waals surface area contributed by atoms with E-state index in [9.17, 15) is 4.79 Å². The molecule has 0 heterocycles. The Morgan fingerprint density at radius 1 is 1.30 bits per heavy atom. The molecule has 20 heavy (non-hydrogen) atoms. The summed E-state index contributed by atoms with van der Waals surface area (Å²) in [6, 6.07) is 8.43. The molecule has 2 rings (SSSR count). The van der Waals surface area contributed by atoms with Gasteiger partial charge in [-0.25, -0.2) is 4.79 Å². The Morgan fingerprint density at radius 2 is 2.05 bits per heavy atom. The molecule has 0 bridgehead atoms. The van der Waals surface area contributed by atoms with Gasteiger partial charge in [-0.15, -0.1) is 0 Å². The molecule has 0 aromatic heterocycles. The highest BCUT2D eigenvalue weighted by molar-refractivity contribution is 9.10. The summed E-state index contributed by atoms with van der Waals surface area (Å²) in [4.78, 5) is 11.9. The van der Waals surface area contributed by atoms with E-state index in [-0.39, 0.29) is 6.03 Å². The first kappa shape index (κ1) is 15.4. The van der Waals surface area contributed by atoms with Crippen LogP contribution in [0.4, 0.5) is 4.79 Å². The number of nitrogens with one attached hydrogen (secondary N) is 2. The van der Waals surface area contributed by atoms with Crippen LogP contribution in [0.2, 0.25) is 0 Å². The lowest BCUT2D eigenvalue weighted by Gasteiger charge is -2.29. The monoisotopic (exact) mass is 338 g/mol. The lowest BCUT2D eigenvalue weighted by atomic mass is 9.86. The fourth-order valence-corrected chi connectivity index (χ4v) is 3.24. The number of carbonyl (C=O) groups excluding carboxylic acids is 1. The Morgan fingerprint density at radius 3 is 2.80 bits per heavy atom. The molecule has 2 unspecified atom stereocenters. The lowest BCUT2D eigenvalue weighted by Crippen LogP contribution is -2.46. The minimum Gasteiger partial charge on any atom is -0.338 e. The van der Waals surface area contributed by atoms with Gasteiger partial charge in [-0.2, -0.15) is 0 Å². The quantitative estimate of drug-likeness (QED) is 0.859. The van der Waals surface area contributed by atoms with Crippen molar-refractivity contribution in [2.75, 3.05) is 6.54 Å². The van der Waals surface area contributed by atoms with Gasteiger partial charge in [0, 0.05) is 17.1 Å². The van der Waals surface area contributed by atoms with Crippen molar-refractivity contribution >= 4 is 22.0 Å². The van der Waals surface area contributed by atoms with Crippen LogP contribution in [-0.2, 0) is 6.42 Å². The second-order valence-corrected chi connectivity index (χ2v) is 6.46. The van der Waals surface area contributed by atoms with Crippen molar-refractivity contribution in [2.45, 2.75) is 45.1 Å². The third kappa shape index (κ3) is 4.51. The van der Waals surface area contributed by atoms with Crippen molar-refractivity contribution in [1.82, 2.24) is 10.6 Å². The van der Waals surface area contributed by atoms with Crippen LogP contribution in [-0.4, -0.2) is 18.6 Å². The first-order valence-electron chi connectivity index (χ1n) is 7.44. The SMILES string of the molecule is CC1CCCCC1NC(=O)NCCc1ccccc1Br. The highest BCUT2D eigenvalue weighted by atomic mass is 79.9. The van der Waals surface area contributed by atoms with Gasteiger partial charge in [-0.3, -0.25) is 0 Å².